The van der Waals surface area contributed by atoms with Gasteiger partial charge in [-0.3, -0.25) is 0 Å². The lowest BCUT2D eigenvalue weighted by atomic mass is 9.65. The van der Waals surface area contributed by atoms with E-state index in [4.69, 9.17) is 0 Å². The molecule has 0 bridgehead atoms. The topological polar surface area (TPSA) is 0 Å². The summed E-state index contributed by atoms with van der Waals surface area (Å²) in [4.78, 5) is 0. The van der Waals surface area contributed by atoms with Crippen LogP contribution in [0.5, 0.6) is 0 Å². The zero-order valence-corrected chi connectivity index (χ0v) is 13.1. The Morgan fingerprint density at radius 2 is 1.53 bits per heavy atom. The van der Waals surface area contributed by atoms with Gasteiger partial charge in [0.1, 0.15) is 0 Å². The molecular weight excluding hydrogens is 204 g/mol. The Morgan fingerprint density at radius 1 is 0.941 bits per heavy atom. The third-order valence-electron chi connectivity index (χ3n) is 5.43. The Bertz CT molecular complexity index is 214. The standard InChI is InChI=1S/C17H34/c1-13(2)15(4)16-10-8-7-9-14(3)11-12-17(16,5)6/h13-16H,7-12H2,1-6H3. The van der Waals surface area contributed by atoms with Crippen molar-refractivity contribution in [3.8, 4) is 0 Å². The van der Waals surface area contributed by atoms with E-state index in [0.29, 0.717) is 5.41 Å². The summed E-state index contributed by atoms with van der Waals surface area (Å²) in [7, 11) is 0. The molecule has 1 aliphatic rings. The van der Waals surface area contributed by atoms with Crippen LogP contribution in [0.1, 0.15) is 80.1 Å². The summed E-state index contributed by atoms with van der Waals surface area (Å²) in [5.74, 6) is 3.58. The smallest absolute Gasteiger partial charge is 0.0323 e. The first-order valence-electron chi connectivity index (χ1n) is 7.84. The molecule has 0 aromatic rings. The van der Waals surface area contributed by atoms with Crippen LogP contribution >= 0.6 is 0 Å². The van der Waals surface area contributed by atoms with E-state index in [0.717, 1.165) is 23.7 Å². The van der Waals surface area contributed by atoms with Gasteiger partial charge in [0.2, 0.25) is 0 Å². The van der Waals surface area contributed by atoms with Gasteiger partial charge in [0.05, 0.1) is 0 Å². The molecule has 0 nitrogen and oxygen atoms in total. The van der Waals surface area contributed by atoms with Gasteiger partial charge in [-0.25, -0.2) is 0 Å². The summed E-state index contributed by atoms with van der Waals surface area (Å²) in [5, 5.41) is 0. The van der Waals surface area contributed by atoms with E-state index in [1.807, 2.05) is 0 Å². The van der Waals surface area contributed by atoms with Crippen molar-refractivity contribution in [1.82, 2.24) is 0 Å². The Hall–Kier alpha value is 0. The van der Waals surface area contributed by atoms with Gasteiger partial charge in [-0.1, -0.05) is 67.2 Å². The number of hydrogen-bond donors (Lipinski definition) is 0. The third-order valence-corrected chi connectivity index (χ3v) is 5.43. The molecule has 1 aliphatic carbocycles. The van der Waals surface area contributed by atoms with E-state index >= 15 is 0 Å². The Balaban J connectivity index is 2.76. The molecule has 3 unspecified atom stereocenters. The highest BCUT2D eigenvalue weighted by atomic mass is 14.4. The van der Waals surface area contributed by atoms with E-state index in [1.54, 1.807) is 0 Å². The van der Waals surface area contributed by atoms with E-state index in [-0.39, 0.29) is 0 Å². The lowest BCUT2D eigenvalue weighted by Gasteiger charge is -2.40. The van der Waals surface area contributed by atoms with Gasteiger partial charge < -0.3 is 0 Å². The Morgan fingerprint density at radius 3 is 2.12 bits per heavy atom. The lowest BCUT2D eigenvalue weighted by molar-refractivity contribution is 0.0946. The van der Waals surface area contributed by atoms with Crippen molar-refractivity contribution >= 4 is 0 Å². The molecule has 0 spiro atoms. The van der Waals surface area contributed by atoms with Gasteiger partial charge in [0.15, 0.2) is 0 Å². The first-order valence-corrected chi connectivity index (χ1v) is 7.84. The van der Waals surface area contributed by atoms with Gasteiger partial charge in [-0.15, -0.1) is 0 Å². The zero-order chi connectivity index (χ0) is 13.1. The van der Waals surface area contributed by atoms with Gasteiger partial charge in [0, 0.05) is 0 Å². The highest BCUT2D eigenvalue weighted by molar-refractivity contribution is 4.84. The molecule has 0 aromatic heterocycles. The summed E-state index contributed by atoms with van der Waals surface area (Å²) >= 11 is 0. The van der Waals surface area contributed by atoms with Crippen LogP contribution in [0.25, 0.3) is 0 Å². The minimum Gasteiger partial charge on any atom is -0.0625 e. The van der Waals surface area contributed by atoms with Crippen LogP contribution in [0.15, 0.2) is 0 Å². The van der Waals surface area contributed by atoms with Gasteiger partial charge >= 0.3 is 0 Å². The van der Waals surface area contributed by atoms with Crippen LogP contribution in [-0.4, -0.2) is 0 Å². The fourth-order valence-electron chi connectivity index (χ4n) is 3.64. The molecule has 1 fully saturated rings. The second kappa shape index (κ2) is 6.25. The highest BCUT2D eigenvalue weighted by Gasteiger charge is 2.34. The van der Waals surface area contributed by atoms with Crippen molar-refractivity contribution in [1.29, 1.82) is 0 Å². The molecule has 0 radical (unpaired) electrons. The first kappa shape index (κ1) is 15.1. The minimum absolute atomic E-state index is 0.544. The van der Waals surface area contributed by atoms with Crippen LogP contribution in [0.2, 0.25) is 0 Å². The van der Waals surface area contributed by atoms with E-state index in [2.05, 4.69) is 41.5 Å². The van der Waals surface area contributed by atoms with Crippen molar-refractivity contribution < 1.29 is 0 Å². The molecule has 0 amide bonds. The van der Waals surface area contributed by atoms with Crippen molar-refractivity contribution in [2.45, 2.75) is 80.1 Å². The second-order valence-corrected chi connectivity index (χ2v) is 7.63. The van der Waals surface area contributed by atoms with E-state index < -0.39 is 0 Å². The molecule has 0 heteroatoms. The summed E-state index contributed by atoms with van der Waals surface area (Å²) in [6.45, 7) is 14.8. The van der Waals surface area contributed by atoms with Gasteiger partial charge in [-0.05, 0) is 41.9 Å². The van der Waals surface area contributed by atoms with Crippen LogP contribution in [0, 0.1) is 29.1 Å². The zero-order valence-electron chi connectivity index (χ0n) is 13.1. The molecule has 17 heavy (non-hydrogen) atoms. The van der Waals surface area contributed by atoms with E-state index in [1.165, 1.54) is 38.5 Å². The second-order valence-electron chi connectivity index (χ2n) is 7.63. The molecule has 0 aromatic carbocycles. The van der Waals surface area contributed by atoms with Crippen molar-refractivity contribution in [3.63, 3.8) is 0 Å². The number of hydrogen-bond acceptors (Lipinski definition) is 0. The quantitative estimate of drug-likeness (QED) is 0.561. The fraction of sp³-hybridized carbons (Fsp3) is 1.00. The minimum atomic E-state index is 0.544. The summed E-state index contributed by atoms with van der Waals surface area (Å²) in [5.41, 5.74) is 0.544. The van der Waals surface area contributed by atoms with Crippen LogP contribution in [0.3, 0.4) is 0 Å². The van der Waals surface area contributed by atoms with Crippen LogP contribution in [0.4, 0.5) is 0 Å². The average Bonchev–Trinajstić information content (AvgIpc) is 2.30. The SMILES string of the molecule is CC1CCCCC(C(C)C(C)C)C(C)(C)CC1. The Kier molecular flexibility index (Phi) is 5.54. The highest BCUT2D eigenvalue weighted by Crippen LogP contribution is 2.44. The predicted molar refractivity (Wildman–Crippen MR) is 78.1 cm³/mol. The predicted octanol–water partition coefficient (Wildman–Crippen LogP) is 5.91. The molecule has 3 atom stereocenters. The maximum atomic E-state index is 2.52. The first-order chi connectivity index (χ1) is 7.84. The monoisotopic (exact) mass is 238 g/mol. The fourth-order valence-corrected chi connectivity index (χ4v) is 3.64. The van der Waals surface area contributed by atoms with E-state index in [9.17, 15) is 0 Å². The van der Waals surface area contributed by atoms with Crippen LogP contribution in [-0.2, 0) is 0 Å². The molecular formula is C17H34. The summed E-state index contributed by atoms with van der Waals surface area (Å²) in [6.07, 6.45) is 8.69. The lowest BCUT2D eigenvalue weighted by Crippen LogP contribution is -2.32. The maximum Gasteiger partial charge on any atom is -0.0323 e. The normalized spacial score (nSPS) is 32.6. The molecule has 1 rings (SSSR count). The van der Waals surface area contributed by atoms with Crippen molar-refractivity contribution in [2.24, 2.45) is 29.1 Å². The largest absolute Gasteiger partial charge is 0.0625 e. The van der Waals surface area contributed by atoms with Crippen molar-refractivity contribution in [2.75, 3.05) is 0 Å². The number of rotatable bonds is 2. The molecule has 0 aliphatic heterocycles. The molecule has 1 saturated carbocycles. The summed E-state index contributed by atoms with van der Waals surface area (Å²) < 4.78 is 0. The third kappa shape index (κ3) is 4.30. The van der Waals surface area contributed by atoms with Gasteiger partial charge in [0.25, 0.3) is 0 Å². The molecule has 0 N–H and O–H groups in total. The molecule has 0 saturated heterocycles. The molecule has 102 valence electrons. The maximum absolute atomic E-state index is 2.52. The van der Waals surface area contributed by atoms with Gasteiger partial charge in [-0.2, -0.15) is 0 Å². The summed E-state index contributed by atoms with van der Waals surface area (Å²) in [6, 6.07) is 0. The average molecular weight is 238 g/mol. The van der Waals surface area contributed by atoms with Crippen LogP contribution < -0.4 is 0 Å². The Labute approximate surface area is 110 Å². The molecule has 0 heterocycles. The van der Waals surface area contributed by atoms with Crippen molar-refractivity contribution in [3.05, 3.63) is 0 Å².